The van der Waals surface area contributed by atoms with E-state index in [0.717, 1.165) is 18.1 Å². The van der Waals surface area contributed by atoms with Crippen LogP contribution in [0, 0.1) is 0 Å². The van der Waals surface area contributed by atoms with Crippen molar-refractivity contribution in [2.75, 3.05) is 18.8 Å². The highest BCUT2D eigenvalue weighted by Gasteiger charge is 2.22. The fraction of sp³-hybridized carbons (Fsp3) is 0.562. The van der Waals surface area contributed by atoms with Crippen LogP contribution in [-0.4, -0.2) is 39.3 Å². The number of nitrogens with one attached hydrogen (secondary N) is 2. The molecule has 130 valence electrons. The second kappa shape index (κ2) is 10.1. The summed E-state index contributed by atoms with van der Waals surface area (Å²) in [5, 5.41) is 6.50. The van der Waals surface area contributed by atoms with Crippen LogP contribution in [-0.2, 0) is 15.6 Å². The summed E-state index contributed by atoms with van der Waals surface area (Å²) < 4.78 is 24.2. The summed E-state index contributed by atoms with van der Waals surface area (Å²) in [6.07, 6.45) is 2.93. The fourth-order valence-corrected chi connectivity index (χ4v) is 3.53. The normalized spacial score (nSPS) is 14.9. The molecule has 1 saturated carbocycles. The van der Waals surface area contributed by atoms with E-state index in [4.69, 9.17) is 0 Å². The maximum Gasteiger partial charge on any atom is 0.191 e. The molecule has 0 spiro atoms. The molecule has 0 aromatic heterocycles. The van der Waals surface area contributed by atoms with Crippen molar-refractivity contribution in [1.82, 2.24) is 10.6 Å². The molecule has 0 aliphatic heterocycles. The molecule has 1 fully saturated rings. The summed E-state index contributed by atoms with van der Waals surface area (Å²) in [5.41, 5.74) is 0.842. The van der Waals surface area contributed by atoms with Crippen LogP contribution in [0.3, 0.4) is 0 Å². The second-order valence-electron chi connectivity index (χ2n) is 5.61. The number of nitrogens with zero attached hydrogens (tertiary/aromatic N) is 1. The number of sulfone groups is 1. The third kappa shape index (κ3) is 8.55. The third-order valence-corrected chi connectivity index (χ3v) is 5.06. The van der Waals surface area contributed by atoms with Crippen LogP contribution in [0.15, 0.2) is 35.3 Å². The van der Waals surface area contributed by atoms with Crippen molar-refractivity contribution >= 4 is 39.8 Å². The summed E-state index contributed by atoms with van der Waals surface area (Å²) >= 11 is 0. The van der Waals surface area contributed by atoms with Gasteiger partial charge in [-0.3, -0.25) is 4.99 Å². The second-order valence-corrected chi connectivity index (χ2v) is 7.79. The lowest BCUT2D eigenvalue weighted by molar-refractivity contribution is 0.592. The van der Waals surface area contributed by atoms with Crippen LogP contribution >= 0.6 is 24.0 Å². The van der Waals surface area contributed by atoms with E-state index >= 15 is 0 Å². The van der Waals surface area contributed by atoms with E-state index in [1.807, 2.05) is 37.3 Å². The molecule has 1 aliphatic carbocycles. The average Bonchev–Trinajstić information content (AvgIpc) is 3.28. The fourth-order valence-electron chi connectivity index (χ4n) is 2.12. The molecule has 0 unspecified atom stereocenters. The molecule has 7 heteroatoms. The van der Waals surface area contributed by atoms with Gasteiger partial charge in [0, 0.05) is 19.1 Å². The van der Waals surface area contributed by atoms with Crippen molar-refractivity contribution in [3.8, 4) is 0 Å². The number of halogens is 1. The zero-order valence-corrected chi connectivity index (χ0v) is 16.6. The molecule has 0 atom stereocenters. The highest BCUT2D eigenvalue weighted by atomic mass is 127. The predicted molar refractivity (Wildman–Crippen MR) is 106 cm³/mol. The SMILES string of the molecule is CCNC(=NCCCS(=O)(=O)Cc1ccccc1)NC1CC1.I. The highest BCUT2D eigenvalue weighted by molar-refractivity contribution is 14.0. The zero-order valence-electron chi connectivity index (χ0n) is 13.5. The molecule has 0 saturated heterocycles. The lowest BCUT2D eigenvalue weighted by atomic mass is 10.2. The predicted octanol–water partition coefficient (Wildman–Crippen LogP) is 2.33. The Bertz CT molecular complexity index is 587. The van der Waals surface area contributed by atoms with Gasteiger partial charge in [0.05, 0.1) is 11.5 Å². The molecule has 0 amide bonds. The van der Waals surface area contributed by atoms with Gasteiger partial charge < -0.3 is 10.6 Å². The first-order chi connectivity index (χ1) is 10.6. The van der Waals surface area contributed by atoms with Gasteiger partial charge in [0.25, 0.3) is 0 Å². The van der Waals surface area contributed by atoms with E-state index in [2.05, 4.69) is 15.6 Å². The van der Waals surface area contributed by atoms with Crippen molar-refractivity contribution in [2.45, 2.75) is 38.0 Å². The molecule has 5 nitrogen and oxygen atoms in total. The topological polar surface area (TPSA) is 70.6 Å². The monoisotopic (exact) mass is 451 g/mol. The minimum atomic E-state index is -3.07. The summed E-state index contributed by atoms with van der Waals surface area (Å²) in [6.45, 7) is 3.36. The number of hydrogen-bond donors (Lipinski definition) is 2. The molecule has 1 aliphatic rings. The Kier molecular flexibility index (Phi) is 8.90. The van der Waals surface area contributed by atoms with Gasteiger partial charge in [0.15, 0.2) is 15.8 Å². The van der Waals surface area contributed by atoms with Crippen molar-refractivity contribution < 1.29 is 8.42 Å². The largest absolute Gasteiger partial charge is 0.357 e. The standard InChI is InChI=1S/C16H25N3O2S.HI/c1-2-17-16(19-15-9-10-15)18-11-6-12-22(20,21)13-14-7-4-3-5-8-14;/h3-5,7-8,15H,2,6,9-13H2,1H3,(H2,17,18,19);1H. The number of hydrogen-bond acceptors (Lipinski definition) is 3. The molecule has 2 rings (SSSR count). The molecule has 1 aromatic rings. The molecule has 2 N–H and O–H groups in total. The first kappa shape index (κ1) is 20.2. The molecular weight excluding hydrogens is 425 g/mol. The van der Waals surface area contributed by atoms with E-state index in [1.165, 1.54) is 12.8 Å². The Morgan fingerprint density at radius 1 is 1.26 bits per heavy atom. The smallest absolute Gasteiger partial charge is 0.191 e. The van der Waals surface area contributed by atoms with Gasteiger partial charge in [0.2, 0.25) is 0 Å². The molecule has 0 heterocycles. The average molecular weight is 451 g/mol. The van der Waals surface area contributed by atoms with Gasteiger partial charge in [-0.15, -0.1) is 24.0 Å². The van der Waals surface area contributed by atoms with Crippen LogP contribution in [0.2, 0.25) is 0 Å². The van der Waals surface area contributed by atoms with Crippen LogP contribution in [0.5, 0.6) is 0 Å². The molecule has 0 radical (unpaired) electrons. The molecule has 1 aromatic carbocycles. The van der Waals surface area contributed by atoms with E-state index in [-0.39, 0.29) is 35.5 Å². The Morgan fingerprint density at radius 2 is 1.96 bits per heavy atom. The van der Waals surface area contributed by atoms with E-state index < -0.39 is 9.84 Å². The number of benzene rings is 1. The number of aliphatic imine (C=N–C) groups is 1. The minimum absolute atomic E-state index is 0. The van der Waals surface area contributed by atoms with E-state index in [0.29, 0.717) is 19.0 Å². The van der Waals surface area contributed by atoms with Gasteiger partial charge in [-0.1, -0.05) is 30.3 Å². The molecule has 0 bridgehead atoms. The maximum absolute atomic E-state index is 12.1. The number of rotatable bonds is 8. The Labute approximate surface area is 156 Å². The highest BCUT2D eigenvalue weighted by Crippen LogP contribution is 2.18. The summed E-state index contributed by atoms with van der Waals surface area (Å²) in [7, 11) is -3.07. The van der Waals surface area contributed by atoms with Gasteiger partial charge in [-0.05, 0) is 31.7 Å². The maximum atomic E-state index is 12.1. The van der Waals surface area contributed by atoms with Crippen LogP contribution in [0.25, 0.3) is 0 Å². The molecular formula is C16H26IN3O2S. The Hall–Kier alpha value is -0.830. The van der Waals surface area contributed by atoms with Crippen molar-refractivity contribution in [1.29, 1.82) is 0 Å². The quantitative estimate of drug-likeness (QED) is 0.276. The zero-order chi connectivity index (χ0) is 15.8. The van der Waals surface area contributed by atoms with Gasteiger partial charge in [0.1, 0.15) is 0 Å². The number of guanidine groups is 1. The first-order valence-corrected chi connectivity index (χ1v) is 9.70. The van der Waals surface area contributed by atoms with E-state index in [9.17, 15) is 8.42 Å². The lowest BCUT2D eigenvalue weighted by Crippen LogP contribution is -2.38. The minimum Gasteiger partial charge on any atom is -0.357 e. The van der Waals surface area contributed by atoms with Gasteiger partial charge >= 0.3 is 0 Å². The van der Waals surface area contributed by atoms with Crippen LogP contribution in [0.4, 0.5) is 0 Å². The first-order valence-electron chi connectivity index (χ1n) is 7.88. The van der Waals surface area contributed by atoms with Gasteiger partial charge in [-0.2, -0.15) is 0 Å². The van der Waals surface area contributed by atoms with Crippen LogP contribution in [0.1, 0.15) is 31.7 Å². The van der Waals surface area contributed by atoms with E-state index in [1.54, 1.807) is 0 Å². The summed E-state index contributed by atoms with van der Waals surface area (Å²) in [5.74, 6) is 1.08. The third-order valence-electron chi connectivity index (χ3n) is 3.38. The van der Waals surface area contributed by atoms with Crippen molar-refractivity contribution in [3.05, 3.63) is 35.9 Å². The summed E-state index contributed by atoms with van der Waals surface area (Å²) in [6, 6.07) is 9.85. The van der Waals surface area contributed by atoms with Crippen molar-refractivity contribution in [3.63, 3.8) is 0 Å². The Balaban J connectivity index is 0.00000264. The van der Waals surface area contributed by atoms with Crippen molar-refractivity contribution in [2.24, 2.45) is 4.99 Å². The van der Waals surface area contributed by atoms with Gasteiger partial charge in [-0.25, -0.2) is 8.42 Å². The molecule has 23 heavy (non-hydrogen) atoms. The summed E-state index contributed by atoms with van der Waals surface area (Å²) in [4.78, 5) is 4.43. The van der Waals surface area contributed by atoms with Crippen LogP contribution < -0.4 is 10.6 Å². The Morgan fingerprint density at radius 3 is 2.57 bits per heavy atom. The lowest BCUT2D eigenvalue weighted by Gasteiger charge is -2.10.